The predicted octanol–water partition coefficient (Wildman–Crippen LogP) is 3.34. The summed E-state index contributed by atoms with van der Waals surface area (Å²) in [7, 11) is 0. The Hall–Kier alpha value is -2.36. The van der Waals surface area contributed by atoms with Gasteiger partial charge in [0.2, 0.25) is 0 Å². The summed E-state index contributed by atoms with van der Waals surface area (Å²) in [6.07, 6.45) is 2.49. The Morgan fingerprint density at radius 2 is 2.00 bits per heavy atom. The molecule has 2 rings (SSSR count). The van der Waals surface area contributed by atoms with Crippen LogP contribution in [0.1, 0.15) is 35.4 Å². The topological polar surface area (TPSA) is 62.2 Å². The van der Waals surface area contributed by atoms with Crippen LogP contribution in [0, 0.1) is 0 Å². The van der Waals surface area contributed by atoms with Gasteiger partial charge in [-0.1, -0.05) is 37.3 Å². The van der Waals surface area contributed by atoms with E-state index in [9.17, 15) is 4.79 Å². The normalized spacial score (nSPS) is 11.8. The van der Waals surface area contributed by atoms with Gasteiger partial charge in [0.25, 0.3) is 0 Å². The fraction of sp³-hybridized carbons (Fsp3) is 0.200. The quantitative estimate of drug-likeness (QED) is 0.861. The highest BCUT2D eigenvalue weighted by atomic mass is 16.4. The van der Waals surface area contributed by atoms with Crippen LogP contribution in [0.3, 0.4) is 0 Å². The SMILES string of the molecule is CCC(Nc1ccc(C(=O)O)nc1)c1ccccc1. The first kappa shape index (κ1) is 13.1. The van der Waals surface area contributed by atoms with E-state index in [1.54, 1.807) is 12.3 Å². The Labute approximate surface area is 112 Å². The van der Waals surface area contributed by atoms with Crippen molar-refractivity contribution >= 4 is 11.7 Å². The summed E-state index contributed by atoms with van der Waals surface area (Å²) in [5, 5.41) is 12.2. The Morgan fingerprint density at radius 1 is 1.26 bits per heavy atom. The summed E-state index contributed by atoms with van der Waals surface area (Å²) >= 11 is 0. The third-order valence-corrected chi connectivity index (χ3v) is 2.93. The van der Waals surface area contributed by atoms with E-state index >= 15 is 0 Å². The molecule has 0 saturated heterocycles. The third kappa shape index (κ3) is 3.31. The van der Waals surface area contributed by atoms with E-state index in [1.165, 1.54) is 11.6 Å². The lowest BCUT2D eigenvalue weighted by Gasteiger charge is -2.18. The Morgan fingerprint density at radius 3 is 2.53 bits per heavy atom. The minimum Gasteiger partial charge on any atom is -0.477 e. The molecule has 2 aromatic rings. The van der Waals surface area contributed by atoms with Crippen molar-refractivity contribution in [1.29, 1.82) is 0 Å². The smallest absolute Gasteiger partial charge is 0.354 e. The van der Waals surface area contributed by atoms with E-state index in [1.807, 2.05) is 18.2 Å². The number of hydrogen-bond acceptors (Lipinski definition) is 3. The lowest BCUT2D eigenvalue weighted by Crippen LogP contribution is -2.10. The van der Waals surface area contributed by atoms with Gasteiger partial charge in [0.1, 0.15) is 5.69 Å². The molecule has 19 heavy (non-hydrogen) atoms. The molecule has 1 heterocycles. The second-order valence-electron chi connectivity index (χ2n) is 4.25. The standard InChI is InChI=1S/C15H16N2O2/c1-2-13(11-6-4-3-5-7-11)17-12-8-9-14(15(18)19)16-10-12/h3-10,13,17H,2H2,1H3,(H,18,19). The van der Waals surface area contributed by atoms with E-state index in [0.717, 1.165) is 12.1 Å². The number of aromatic nitrogens is 1. The fourth-order valence-corrected chi connectivity index (χ4v) is 1.91. The van der Waals surface area contributed by atoms with Gasteiger partial charge in [-0.2, -0.15) is 0 Å². The molecule has 1 aromatic carbocycles. The summed E-state index contributed by atoms with van der Waals surface area (Å²) in [5.74, 6) is -1.01. The van der Waals surface area contributed by atoms with E-state index < -0.39 is 5.97 Å². The average Bonchev–Trinajstić information content (AvgIpc) is 2.46. The van der Waals surface area contributed by atoms with Crippen LogP contribution in [-0.4, -0.2) is 16.1 Å². The number of rotatable bonds is 5. The summed E-state index contributed by atoms with van der Waals surface area (Å²) in [4.78, 5) is 14.6. The minimum atomic E-state index is -1.01. The lowest BCUT2D eigenvalue weighted by atomic mass is 10.0. The van der Waals surface area contributed by atoms with Gasteiger partial charge in [0.15, 0.2) is 0 Å². The van der Waals surface area contributed by atoms with Crippen molar-refractivity contribution in [2.75, 3.05) is 5.32 Å². The van der Waals surface area contributed by atoms with Gasteiger partial charge in [0, 0.05) is 0 Å². The number of nitrogens with one attached hydrogen (secondary N) is 1. The van der Waals surface area contributed by atoms with Crippen molar-refractivity contribution in [3.8, 4) is 0 Å². The van der Waals surface area contributed by atoms with Gasteiger partial charge < -0.3 is 10.4 Å². The van der Waals surface area contributed by atoms with Crippen molar-refractivity contribution in [3.05, 3.63) is 59.9 Å². The highest BCUT2D eigenvalue weighted by molar-refractivity contribution is 5.85. The lowest BCUT2D eigenvalue weighted by molar-refractivity contribution is 0.0690. The average molecular weight is 256 g/mol. The maximum absolute atomic E-state index is 10.7. The molecule has 0 bridgehead atoms. The second-order valence-corrected chi connectivity index (χ2v) is 4.25. The van der Waals surface area contributed by atoms with Crippen LogP contribution in [0.15, 0.2) is 48.7 Å². The van der Waals surface area contributed by atoms with E-state index in [-0.39, 0.29) is 11.7 Å². The minimum absolute atomic E-state index is 0.0540. The first-order valence-electron chi connectivity index (χ1n) is 6.21. The van der Waals surface area contributed by atoms with Gasteiger partial charge in [-0.3, -0.25) is 0 Å². The molecular weight excluding hydrogens is 240 g/mol. The number of nitrogens with zero attached hydrogens (tertiary/aromatic N) is 1. The van der Waals surface area contributed by atoms with Crippen molar-refractivity contribution in [1.82, 2.24) is 4.98 Å². The number of anilines is 1. The van der Waals surface area contributed by atoms with Gasteiger partial charge in [-0.15, -0.1) is 0 Å². The number of aromatic carboxylic acids is 1. The van der Waals surface area contributed by atoms with Crippen molar-refractivity contribution < 1.29 is 9.90 Å². The van der Waals surface area contributed by atoms with Crippen molar-refractivity contribution in [3.63, 3.8) is 0 Å². The van der Waals surface area contributed by atoms with Crippen LogP contribution in [0.2, 0.25) is 0 Å². The van der Waals surface area contributed by atoms with Crippen LogP contribution in [0.5, 0.6) is 0 Å². The fourth-order valence-electron chi connectivity index (χ4n) is 1.91. The zero-order valence-corrected chi connectivity index (χ0v) is 10.7. The van der Waals surface area contributed by atoms with Gasteiger partial charge in [-0.25, -0.2) is 9.78 Å². The first-order chi connectivity index (χ1) is 9.20. The monoisotopic (exact) mass is 256 g/mol. The highest BCUT2D eigenvalue weighted by Crippen LogP contribution is 2.21. The van der Waals surface area contributed by atoms with Gasteiger partial charge >= 0.3 is 5.97 Å². The maximum Gasteiger partial charge on any atom is 0.354 e. The molecule has 0 spiro atoms. The Bertz CT molecular complexity index is 538. The van der Waals surface area contributed by atoms with E-state index in [0.29, 0.717) is 0 Å². The Balaban J connectivity index is 2.12. The summed E-state index contributed by atoms with van der Waals surface area (Å²) in [5.41, 5.74) is 2.08. The maximum atomic E-state index is 10.7. The number of pyridine rings is 1. The number of benzene rings is 1. The molecule has 1 aromatic heterocycles. The van der Waals surface area contributed by atoms with E-state index in [4.69, 9.17) is 5.11 Å². The number of carboxylic acids is 1. The molecule has 1 atom stereocenters. The molecule has 2 N–H and O–H groups in total. The zero-order chi connectivity index (χ0) is 13.7. The number of carboxylic acid groups (broad SMARTS) is 1. The van der Waals surface area contributed by atoms with Crippen molar-refractivity contribution in [2.45, 2.75) is 19.4 Å². The molecule has 0 fully saturated rings. The van der Waals surface area contributed by atoms with Crippen LogP contribution in [0.4, 0.5) is 5.69 Å². The zero-order valence-electron chi connectivity index (χ0n) is 10.7. The Kier molecular flexibility index (Phi) is 4.13. The number of carbonyl (C=O) groups is 1. The molecule has 0 aliphatic rings. The molecule has 1 unspecified atom stereocenters. The molecule has 0 amide bonds. The molecule has 0 aliphatic heterocycles. The molecule has 4 nitrogen and oxygen atoms in total. The molecular formula is C15H16N2O2. The highest BCUT2D eigenvalue weighted by Gasteiger charge is 2.09. The van der Waals surface area contributed by atoms with Gasteiger partial charge in [-0.05, 0) is 24.1 Å². The van der Waals surface area contributed by atoms with Crippen LogP contribution < -0.4 is 5.32 Å². The largest absolute Gasteiger partial charge is 0.477 e. The molecule has 98 valence electrons. The van der Waals surface area contributed by atoms with Gasteiger partial charge in [0.05, 0.1) is 17.9 Å². The first-order valence-corrected chi connectivity index (χ1v) is 6.21. The summed E-state index contributed by atoms with van der Waals surface area (Å²) in [6.45, 7) is 2.10. The third-order valence-electron chi connectivity index (χ3n) is 2.93. The second kappa shape index (κ2) is 6.00. The molecule has 0 radical (unpaired) electrons. The van der Waals surface area contributed by atoms with Crippen LogP contribution in [0.25, 0.3) is 0 Å². The van der Waals surface area contributed by atoms with E-state index in [2.05, 4.69) is 29.4 Å². The number of hydrogen-bond donors (Lipinski definition) is 2. The predicted molar refractivity (Wildman–Crippen MR) is 74.3 cm³/mol. The molecule has 4 heteroatoms. The van der Waals surface area contributed by atoms with Crippen LogP contribution >= 0.6 is 0 Å². The van der Waals surface area contributed by atoms with Crippen molar-refractivity contribution in [2.24, 2.45) is 0 Å². The summed E-state index contributed by atoms with van der Waals surface area (Å²) < 4.78 is 0. The molecule has 0 aliphatic carbocycles. The summed E-state index contributed by atoms with van der Waals surface area (Å²) in [6, 6.07) is 13.6. The van der Waals surface area contributed by atoms with Crippen LogP contribution in [-0.2, 0) is 0 Å². The molecule has 0 saturated carbocycles.